The number of nitrogens with two attached hydrogens (primary N) is 1. The van der Waals surface area contributed by atoms with E-state index in [9.17, 15) is 13.2 Å². The maximum Gasteiger partial charge on any atom is 0.573 e. The largest absolute Gasteiger partial charge is 0.573 e. The van der Waals surface area contributed by atoms with Gasteiger partial charge in [0.2, 0.25) is 0 Å². The topological polar surface area (TPSA) is 44.5 Å². The van der Waals surface area contributed by atoms with Crippen molar-refractivity contribution in [3.05, 3.63) is 78.4 Å². The van der Waals surface area contributed by atoms with Crippen molar-refractivity contribution in [1.82, 2.24) is 0 Å². The van der Waals surface area contributed by atoms with E-state index in [1.54, 1.807) is 18.2 Å². The number of benzene rings is 3. The Morgan fingerprint density at radius 3 is 2.19 bits per heavy atom. The summed E-state index contributed by atoms with van der Waals surface area (Å²) in [5.41, 5.74) is 8.76. The molecule has 3 aromatic rings. The van der Waals surface area contributed by atoms with Gasteiger partial charge in [-0.15, -0.1) is 13.2 Å². The molecule has 0 aliphatic heterocycles. The van der Waals surface area contributed by atoms with E-state index in [0.717, 1.165) is 5.56 Å². The van der Waals surface area contributed by atoms with Crippen molar-refractivity contribution >= 4 is 5.69 Å². The third-order valence-electron chi connectivity index (χ3n) is 3.64. The van der Waals surface area contributed by atoms with Crippen molar-refractivity contribution in [3.63, 3.8) is 0 Å². The van der Waals surface area contributed by atoms with Gasteiger partial charge in [-0.3, -0.25) is 0 Å². The first-order valence-electron chi connectivity index (χ1n) is 7.83. The summed E-state index contributed by atoms with van der Waals surface area (Å²) in [4.78, 5) is 0. The van der Waals surface area contributed by atoms with Crippen LogP contribution in [0.5, 0.6) is 11.5 Å². The van der Waals surface area contributed by atoms with Crippen LogP contribution in [-0.2, 0) is 6.61 Å². The molecule has 0 amide bonds. The van der Waals surface area contributed by atoms with Crippen LogP contribution < -0.4 is 15.2 Å². The Balaban J connectivity index is 1.83. The molecule has 0 heterocycles. The van der Waals surface area contributed by atoms with Gasteiger partial charge in [-0.05, 0) is 41.5 Å². The van der Waals surface area contributed by atoms with Crippen molar-refractivity contribution in [2.75, 3.05) is 5.73 Å². The fraction of sp³-hybridized carbons (Fsp3) is 0.100. The quantitative estimate of drug-likeness (QED) is 0.619. The highest BCUT2D eigenvalue weighted by atomic mass is 19.4. The van der Waals surface area contributed by atoms with Crippen LogP contribution in [-0.4, -0.2) is 6.36 Å². The van der Waals surface area contributed by atoms with E-state index < -0.39 is 6.36 Å². The van der Waals surface area contributed by atoms with Gasteiger partial charge >= 0.3 is 6.36 Å². The first kappa shape index (κ1) is 17.7. The van der Waals surface area contributed by atoms with Crippen LogP contribution in [0.25, 0.3) is 11.1 Å². The Morgan fingerprint density at radius 2 is 1.54 bits per heavy atom. The fourth-order valence-electron chi connectivity index (χ4n) is 2.47. The molecule has 0 aliphatic carbocycles. The lowest BCUT2D eigenvalue weighted by Gasteiger charge is -2.14. The average molecular weight is 359 g/mol. The molecule has 2 N–H and O–H groups in total. The average Bonchev–Trinajstić information content (AvgIpc) is 2.61. The molecule has 3 aromatic carbocycles. The standard InChI is InChI=1S/C20H16F3NO2/c21-20(22,23)26-17-9-6-15(7-10-17)18-12-16(24)8-11-19(18)25-13-14-4-2-1-3-5-14/h1-12H,13,24H2. The van der Waals surface area contributed by atoms with Crippen LogP contribution in [0.3, 0.4) is 0 Å². The minimum Gasteiger partial charge on any atom is -0.488 e. The van der Waals surface area contributed by atoms with Gasteiger partial charge in [-0.2, -0.15) is 0 Å². The zero-order valence-electron chi connectivity index (χ0n) is 13.7. The van der Waals surface area contributed by atoms with Crippen LogP contribution in [0.15, 0.2) is 72.8 Å². The zero-order valence-corrected chi connectivity index (χ0v) is 13.7. The lowest BCUT2D eigenvalue weighted by atomic mass is 10.0. The molecule has 0 aliphatic rings. The predicted molar refractivity (Wildman–Crippen MR) is 93.7 cm³/mol. The maximum absolute atomic E-state index is 12.3. The number of halogens is 3. The second-order valence-corrected chi connectivity index (χ2v) is 5.60. The Labute approximate surface area is 148 Å². The number of ether oxygens (including phenoxy) is 2. The van der Waals surface area contributed by atoms with Crippen LogP contribution in [0, 0.1) is 0 Å². The highest BCUT2D eigenvalue weighted by molar-refractivity contribution is 5.74. The van der Waals surface area contributed by atoms with E-state index in [-0.39, 0.29) is 5.75 Å². The normalized spacial score (nSPS) is 11.2. The summed E-state index contributed by atoms with van der Waals surface area (Å²) < 4.78 is 46.6. The highest BCUT2D eigenvalue weighted by Gasteiger charge is 2.31. The molecule has 134 valence electrons. The third kappa shape index (κ3) is 4.69. The number of alkyl halides is 3. The molecular weight excluding hydrogens is 343 g/mol. The molecule has 0 aromatic heterocycles. The summed E-state index contributed by atoms with van der Waals surface area (Å²) >= 11 is 0. The number of hydrogen-bond acceptors (Lipinski definition) is 3. The van der Waals surface area contributed by atoms with Crippen LogP contribution in [0.4, 0.5) is 18.9 Å². The minimum absolute atomic E-state index is 0.281. The molecule has 0 unspecified atom stereocenters. The second-order valence-electron chi connectivity index (χ2n) is 5.60. The Hall–Kier alpha value is -3.15. The Morgan fingerprint density at radius 1 is 0.846 bits per heavy atom. The van der Waals surface area contributed by atoms with E-state index in [0.29, 0.717) is 29.2 Å². The molecule has 0 spiro atoms. The van der Waals surface area contributed by atoms with Crippen molar-refractivity contribution in [3.8, 4) is 22.6 Å². The summed E-state index contributed by atoms with van der Waals surface area (Å²) in [5.74, 6) is 0.310. The van der Waals surface area contributed by atoms with Gasteiger partial charge in [0.15, 0.2) is 0 Å². The SMILES string of the molecule is Nc1ccc(OCc2ccccc2)c(-c2ccc(OC(F)(F)F)cc2)c1. The molecule has 0 bridgehead atoms. The summed E-state index contributed by atoms with van der Waals surface area (Å²) in [7, 11) is 0. The summed E-state index contributed by atoms with van der Waals surface area (Å²) in [6.07, 6.45) is -4.72. The van der Waals surface area contributed by atoms with E-state index in [4.69, 9.17) is 10.5 Å². The van der Waals surface area contributed by atoms with Gasteiger partial charge in [-0.25, -0.2) is 0 Å². The maximum atomic E-state index is 12.3. The van der Waals surface area contributed by atoms with Crippen molar-refractivity contribution < 1.29 is 22.6 Å². The van der Waals surface area contributed by atoms with E-state index in [1.807, 2.05) is 30.3 Å². The minimum atomic E-state index is -4.72. The van der Waals surface area contributed by atoms with E-state index in [2.05, 4.69) is 4.74 Å². The Kier molecular flexibility index (Phi) is 5.02. The second kappa shape index (κ2) is 7.39. The molecular formula is C20H16F3NO2. The van der Waals surface area contributed by atoms with Gasteiger partial charge in [-0.1, -0.05) is 42.5 Å². The van der Waals surface area contributed by atoms with Gasteiger partial charge in [0, 0.05) is 11.3 Å². The Bertz CT molecular complexity index is 862. The number of hydrogen-bond donors (Lipinski definition) is 1. The van der Waals surface area contributed by atoms with Gasteiger partial charge in [0.25, 0.3) is 0 Å². The molecule has 0 radical (unpaired) electrons. The number of anilines is 1. The molecule has 26 heavy (non-hydrogen) atoms. The summed E-state index contributed by atoms with van der Waals surface area (Å²) in [6.45, 7) is 0.368. The third-order valence-corrected chi connectivity index (χ3v) is 3.64. The highest BCUT2D eigenvalue weighted by Crippen LogP contribution is 2.34. The number of rotatable bonds is 5. The van der Waals surface area contributed by atoms with E-state index in [1.165, 1.54) is 24.3 Å². The fourth-order valence-corrected chi connectivity index (χ4v) is 2.47. The molecule has 0 saturated heterocycles. The van der Waals surface area contributed by atoms with Crippen molar-refractivity contribution in [2.45, 2.75) is 13.0 Å². The lowest BCUT2D eigenvalue weighted by Crippen LogP contribution is -2.16. The molecule has 3 nitrogen and oxygen atoms in total. The lowest BCUT2D eigenvalue weighted by molar-refractivity contribution is -0.274. The first-order chi connectivity index (χ1) is 12.4. The van der Waals surface area contributed by atoms with Gasteiger partial charge < -0.3 is 15.2 Å². The van der Waals surface area contributed by atoms with Gasteiger partial charge in [0.05, 0.1) is 0 Å². The van der Waals surface area contributed by atoms with Crippen molar-refractivity contribution in [2.24, 2.45) is 0 Å². The van der Waals surface area contributed by atoms with Gasteiger partial charge in [0.1, 0.15) is 18.1 Å². The summed E-state index contributed by atoms with van der Waals surface area (Å²) in [6, 6.07) is 20.4. The molecule has 0 fully saturated rings. The molecule has 6 heteroatoms. The zero-order chi connectivity index (χ0) is 18.6. The van der Waals surface area contributed by atoms with Crippen molar-refractivity contribution in [1.29, 1.82) is 0 Å². The summed E-state index contributed by atoms with van der Waals surface area (Å²) in [5, 5.41) is 0. The van der Waals surface area contributed by atoms with Crippen LogP contribution in [0.1, 0.15) is 5.56 Å². The smallest absolute Gasteiger partial charge is 0.488 e. The molecule has 0 saturated carbocycles. The van der Waals surface area contributed by atoms with E-state index >= 15 is 0 Å². The monoisotopic (exact) mass is 359 g/mol. The molecule has 3 rings (SSSR count). The first-order valence-corrected chi connectivity index (χ1v) is 7.83. The van der Waals surface area contributed by atoms with Crippen LogP contribution in [0.2, 0.25) is 0 Å². The van der Waals surface area contributed by atoms with Crippen LogP contribution >= 0.6 is 0 Å². The molecule has 0 atom stereocenters. The predicted octanol–water partition coefficient (Wildman–Crippen LogP) is 5.41. The number of nitrogen functional groups attached to an aromatic ring is 1.